The molecule has 0 saturated heterocycles. The van der Waals surface area contributed by atoms with Crippen LogP contribution in [0.3, 0.4) is 0 Å². The Morgan fingerprint density at radius 1 is 0.903 bits per heavy atom. The van der Waals surface area contributed by atoms with Crippen LogP contribution in [0.2, 0.25) is 0 Å². The van der Waals surface area contributed by atoms with Crippen molar-refractivity contribution < 1.29 is 23.5 Å². The number of anilines is 1. The maximum absolute atomic E-state index is 13.3. The number of amides is 3. The quantitative estimate of drug-likeness (QED) is 0.572. The highest BCUT2D eigenvalue weighted by molar-refractivity contribution is 6.21. The van der Waals surface area contributed by atoms with Gasteiger partial charge in [-0.05, 0) is 60.7 Å². The lowest BCUT2D eigenvalue weighted by atomic mass is 10.1. The highest BCUT2D eigenvalue weighted by Gasteiger charge is 2.35. The first kappa shape index (κ1) is 20.3. The molecule has 0 bridgehead atoms. The number of rotatable bonds is 6. The Hall–Kier alpha value is -4.00. The molecule has 0 spiro atoms. The van der Waals surface area contributed by atoms with Gasteiger partial charge in [-0.25, -0.2) is 4.39 Å². The molecular weight excluding hydrogens is 399 g/mol. The van der Waals surface area contributed by atoms with Crippen LogP contribution in [0.1, 0.15) is 31.1 Å². The van der Waals surface area contributed by atoms with Crippen molar-refractivity contribution in [1.82, 2.24) is 4.90 Å². The summed E-state index contributed by atoms with van der Waals surface area (Å²) in [5.41, 5.74) is 1.56. The predicted molar refractivity (Wildman–Crippen MR) is 113 cm³/mol. The third-order valence-electron chi connectivity index (χ3n) is 5.15. The molecule has 0 N–H and O–H groups in total. The molecule has 3 amide bonds. The van der Waals surface area contributed by atoms with Crippen molar-refractivity contribution in [2.45, 2.75) is 0 Å². The Morgan fingerprint density at radius 3 is 2.03 bits per heavy atom. The van der Waals surface area contributed by atoms with Crippen molar-refractivity contribution in [3.05, 3.63) is 95.3 Å². The van der Waals surface area contributed by atoms with E-state index < -0.39 is 5.82 Å². The third kappa shape index (κ3) is 3.90. The average molecular weight is 418 g/mol. The molecule has 31 heavy (non-hydrogen) atoms. The molecule has 0 fully saturated rings. The number of benzene rings is 3. The second-order valence-electron chi connectivity index (χ2n) is 6.97. The van der Waals surface area contributed by atoms with Gasteiger partial charge in [0.15, 0.2) is 0 Å². The number of carbonyl (C=O) groups is 3. The molecule has 0 saturated carbocycles. The fraction of sp³-hybridized carbons (Fsp3) is 0.125. The smallest absolute Gasteiger partial charge is 0.261 e. The number of ether oxygens (including phenoxy) is 1. The van der Waals surface area contributed by atoms with E-state index >= 15 is 0 Å². The molecule has 4 rings (SSSR count). The van der Waals surface area contributed by atoms with Gasteiger partial charge in [-0.2, -0.15) is 0 Å². The maximum Gasteiger partial charge on any atom is 0.261 e. The lowest BCUT2D eigenvalue weighted by Crippen LogP contribution is -2.41. The van der Waals surface area contributed by atoms with Crippen LogP contribution in [0, 0.1) is 5.82 Å². The largest absolute Gasteiger partial charge is 0.497 e. The minimum absolute atomic E-state index is 0.0192. The Bertz CT molecular complexity index is 1110. The highest BCUT2D eigenvalue weighted by atomic mass is 19.1. The number of hydrogen-bond acceptors (Lipinski definition) is 4. The zero-order chi connectivity index (χ0) is 22.0. The molecule has 1 heterocycles. The van der Waals surface area contributed by atoms with Crippen LogP contribution in [0.25, 0.3) is 0 Å². The van der Waals surface area contributed by atoms with E-state index in [4.69, 9.17) is 4.74 Å². The number of methoxy groups -OCH3 is 1. The molecule has 3 aromatic carbocycles. The van der Waals surface area contributed by atoms with Crippen molar-refractivity contribution in [3.8, 4) is 5.75 Å². The normalized spacial score (nSPS) is 12.6. The zero-order valence-corrected chi connectivity index (χ0v) is 16.7. The Balaban J connectivity index is 1.60. The minimum atomic E-state index is -0.446. The van der Waals surface area contributed by atoms with Crippen LogP contribution in [0.4, 0.5) is 10.1 Å². The molecule has 0 aromatic heterocycles. The summed E-state index contributed by atoms with van der Waals surface area (Å²) >= 11 is 0. The van der Waals surface area contributed by atoms with E-state index in [1.165, 1.54) is 29.2 Å². The number of fused-ring (bicyclic) bond motifs is 1. The van der Waals surface area contributed by atoms with Crippen molar-refractivity contribution in [1.29, 1.82) is 0 Å². The zero-order valence-electron chi connectivity index (χ0n) is 16.7. The van der Waals surface area contributed by atoms with Gasteiger partial charge in [-0.3, -0.25) is 19.3 Å². The summed E-state index contributed by atoms with van der Waals surface area (Å²) in [4.78, 5) is 41.1. The van der Waals surface area contributed by atoms with Gasteiger partial charge in [-0.15, -0.1) is 0 Å². The van der Waals surface area contributed by atoms with Gasteiger partial charge in [0.1, 0.15) is 11.6 Å². The van der Waals surface area contributed by atoms with Gasteiger partial charge in [0.25, 0.3) is 17.7 Å². The topological polar surface area (TPSA) is 66.9 Å². The van der Waals surface area contributed by atoms with Crippen molar-refractivity contribution in [2.75, 3.05) is 25.1 Å². The van der Waals surface area contributed by atoms with Gasteiger partial charge in [0, 0.05) is 24.3 Å². The van der Waals surface area contributed by atoms with E-state index in [2.05, 4.69) is 0 Å². The summed E-state index contributed by atoms with van der Waals surface area (Å²) in [7, 11) is 1.54. The summed E-state index contributed by atoms with van der Waals surface area (Å²) in [6.07, 6.45) is 0. The van der Waals surface area contributed by atoms with Gasteiger partial charge in [-0.1, -0.05) is 12.1 Å². The van der Waals surface area contributed by atoms with E-state index in [1.54, 1.807) is 55.6 Å². The molecule has 7 heteroatoms. The predicted octanol–water partition coefficient (Wildman–Crippen LogP) is 3.78. The number of hydrogen-bond donors (Lipinski definition) is 0. The summed E-state index contributed by atoms with van der Waals surface area (Å²) in [6.45, 7) is 0.0965. The molecule has 0 aliphatic carbocycles. The first-order chi connectivity index (χ1) is 15.0. The maximum atomic E-state index is 13.3. The second-order valence-corrected chi connectivity index (χ2v) is 6.97. The monoisotopic (exact) mass is 418 g/mol. The molecule has 156 valence electrons. The standard InChI is InChI=1S/C24H19FN2O4/c1-31-19-12-10-18(11-13-19)26(22(28)16-6-8-17(25)9-7-16)14-15-27-23(29)20-4-2-3-5-21(20)24(27)30/h2-13H,14-15H2,1H3. The van der Waals surface area contributed by atoms with Crippen LogP contribution in [0.15, 0.2) is 72.8 Å². The molecule has 3 aromatic rings. The second kappa shape index (κ2) is 8.39. The number of nitrogens with zero attached hydrogens (tertiary/aromatic N) is 2. The fourth-order valence-corrected chi connectivity index (χ4v) is 3.50. The van der Waals surface area contributed by atoms with Crippen molar-refractivity contribution in [2.24, 2.45) is 0 Å². The first-order valence-electron chi connectivity index (χ1n) is 9.66. The number of imide groups is 1. The van der Waals surface area contributed by atoms with Crippen molar-refractivity contribution >= 4 is 23.4 Å². The molecule has 6 nitrogen and oxygen atoms in total. The molecule has 0 atom stereocenters. The van der Waals surface area contributed by atoms with E-state index in [9.17, 15) is 18.8 Å². The molecular formula is C24H19FN2O4. The van der Waals surface area contributed by atoms with E-state index in [1.807, 2.05) is 0 Å². The fourth-order valence-electron chi connectivity index (χ4n) is 3.50. The lowest BCUT2D eigenvalue weighted by Gasteiger charge is -2.25. The van der Waals surface area contributed by atoms with Crippen LogP contribution < -0.4 is 9.64 Å². The van der Waals surface area contributed by atoms with E-state index in [0.29, 0.717) is 28.1 Å². The van der Waals surface area contributed by atoms with Crippen LogP contribution >= 0.6 is 0 Å². The molecule has 0 unspecified atom stereocenters. The van der Waals surface area contributed by atoms with Gasteiger partial charge in [0.2, 0.25) is 0 Å². The van der Waals surface area contributed by atoms with Gasteiger partial charge in [0.05, 0.1) is 18.2 Å². The molecule has 1 aliphatic rings. The van der Waals surface area contributed by atoms with Crippen LogP contribution in [-0.2, 0) is 0 Å². The van der Waals surface area contributed by atoms with Crippen LogP contribution in [-0.4, -0.2) is 42.8 Å². The van der Waals surface area contributed by atoms with Gasteiger partial charge < -0.3 is 9.64 Å². The molecule has 1 aliphatic heterocycles. The highest BCUT2D eigenvalue weighted by Crippen LogP contribution is 2.24. The lowest BCUT2D eigenvalue weighted by molar-refractivity contribution is 0.0654. The number of carbonyl (C=O) groups excluding carboxylic acids is 3. The summed E-state index contributed by atoms with van der Waals surface area (Å²) in [6, 6.07) is 18.7. The first-order valence-corrected chi connectivity index (χ1v) is 9.66. The SMILES string of the molecule is COc1ccc(N(CCN2C(=O)c3ccccc3C2=O)C(=O)c2ccc(F)cc2)cc1. The van der Waals surface area contributed by atoms with E-state index in [0.717, 1.165) is 4.90 Å². The summed E-state index contributed by atoms with van der Waals surface area (Å²) < 4.78 is 18.5. The Labute approximate surface area is 178 Å². The summed E-state index contributed by atoms with van der Waals surface area (Å²) in [5, 5.41) is 0. The summed E-state index contributed by atoms with van der Waals surface area (Å²) in [5.74, 6) is -0.965. The minimum Gasteiger partial charge on any atom is -0.497 e. The third-order valence-corrected chi connectivity index (χ3v) is 5.15. The van der Waals surface area contributed by atoms with Crippen LogP contribution in [0.5, 0.6) is 5.75 Å². The van der Waals surface area contributed by atoms with Gasteiger partial charge >= 0.3 is 0 Å². The Kier molecular flexibility index (Phi) is 5.49. The van der Waals surface area contributed by atoms with E-state index in [-0.39, 0.29) is 30.8 Å². The average Bonchev–Trinajstić information content (AvgIpc) is 3.05. The van der Waals surface area contributed by atoms with Crippen molar-refractivity contribution in [3.63, 3.8) is 0 Å². The molecule has 0 radical (unpaired) electrons. The number of halogens is 1. The Morgan fingerprint density at radius 2 is 1.48 bits per heavy atom.